The average molecular weight is 424 g/mol. The van der Waals surface area contributed by atoms with Gasteiger partial charge in [-0.2, -0.15) is 0 Å². The van der Waals surface area contributed by atoms with Gasteiger partial charge in [0.05, 0.1) is 17.8 Å². The summed E-state index contributed by atoms with van der Waals surface area (Å²) >= 11 is 0. The largest absolute Gasteiger partial charge is 0.466 e. The lowest BCUT2D eigenvalue weighted by Gasteiger charge is -2.32. The SMILES string of the molecule is CCCCC1(CCC(=O)OCC)c2cc3ccccc3nc2-c2c1ccc1ccccc21. The molecule has 32 heavy (non-hydrogen) atoms. The average Bonchev–Trinajstić information content (AvgIpc) is 3.09. The van der Waals surface area contributed by atoms with Gasteiger partial charge in [-0.25, -0.2) is 4.98 Å². The Balaban J connectivity index is 1.79. The first kappa shape index (κ1) is 20.7. The molecule has 0 saturated carbocycles. The van der Waals surface area contributed by atoms with Crippen LogP contribution in [0.25, 0.3) is 32.9 Å². The van der Waals surface area contributed by atoms with E-state index in [2.05, 4.69) is 67.6 Å². The fourth-order valence-corrected chi connectivity index (χ4v) is 5.43. The zero-order valence-electron chi connectivity index (χ0n) is 18.9. The third-order valence-corrected chi connectivity index (χ3v) is 6.94. The third-order valence-electron chi connectivity index (χ3n) is 6.94. The first-order valence-electron chi connectivity index (χ1n) is 11.8. The second kappa shape index (κ2) is 8.38. The van der Waals surface area contributed by atoms with E-state index in [1.54, 1.807) is 0 Å². The fraction of sp³-hybridized carbons (Fsp3) is 0.310. The molecule has 162 valence electrons. The number of benzene rings is 3. The number of carbonyl (C=O) groups excluding carboxylic acids is 1. The van der Waals surface area contributed by atoms with Crippen molar-refractivity contribution in [2.45, 2.75) is 51.4 Å². The number of esters is 1. The van der Waals surface area contributed by atoms with E-state index in [4.69, 9.17) is 9.72 Å². The quantitative estimate of drug-likeness (QED) is 0.295. The number of carbonyl (C=O) groups is 1. The Kier molecular flexibility index (Phi) is 5.42. The van der Waals surface area contributed by atoms with Gasteiger partial charge in [-0.05, 0) is 53.8 Å². The molecule has 3 heteroatoms. The molecule has 0 N–H and O–H groups in total. The maximum Gasteiger partial charge on any atom is 0.305 e. The first-order chi connectivity index (χ1) is 15.7. The Bertz CT molecular complexity index is 1310. The van der Waals surface area contributed by atoms with Crippen molar-refractivity contribution in [3.05, 3.63) is 77.9 Å². The molecule has 0 spiro atoms. The molecule has 1 aliphatic rings. The Labute approximate surface area is 189 Å². The van der Waals surface area contributed by atoms with Crippen LogP contribution in [0.5, 0.6) is 0 Å². The van der Waals surface area contributed by atoms with Gasteiger partial charge in [-0.15, -0.1) is 0 Å². The number of hydrogen-bond acceptors (Lipinski definition) is 3. The molecule has 3 nitrogen and oxygen atoms in total. The molecule has 1 aliphatic carbocycles. The van der Waals surface area contributed by atoms with Crippen LogP contribution in [-0.4, -0.2) is 17.6 Å². The van der Waals surface area contributed by atoms with Gasteiger partial charge < -0.3 is 4.74 Å². The number of para-hydroxylation sites is 1. The van der Waals surface area contributed by atoms with E-state index in [-0.39, 0.29) is 11.4 Å². The summed E-state index contributed by atoms with van der Waals surface area (Å²) in [5.74, 6) is -0.118. The highest BCUT2D eigenvalue weighted by molar-refractivity contribution is 6.03. The second-order valence-corrected chi connectivity index (χ2v) is 8.78. The summed E-state index contributed by atoms with van der Waals surface area (Å²) in [4.78, 5) is 17.6. The van der Waals surface area contributed by atoms with Crippen LogP contribution in [0.2, 0.25) is 0 Å². The van der Waals surface area contributed by atoms with Crippen LogP contribution in [0, 0.1) is 0 Å². The van der Waals surface area contributed by atoms with Gasteiger partial charge in [-0.3, -0.25) is 4.79 Å². The molecule has 1 heterocycles. The smallest absolute Gasteiger partial charge is 0.305 e. The molecule has 0 bridgehead atoms. The minimum atomic E-state index is -0.228. The molecule has 5 rings (SSSR count). The summed E-state index contributed by atoms with van der Waals surface area (Å²) in [6, 6.07) is 23.7. The van der Waals surface area contributed by atoms with Gasteiger partial charge >= 0.3 is 5.97 Å². The van der Waals surface area contributed by atoms with Crippen molar-refractivity contribution in [3.63, 3.8) is 0 Å². The fourth-order valence-electron chi connectivity index (χ4n) is 5.43. The van der Waals surface area contributed by atoms with Crippen molar-refractivity contribution in [2.24, 2.45) is 0 Å². The molecule has 0 aliphatic heterocycles. The van der Waals surface area contributed by atoms with Gasteiger partial charge in [0.2, 0.25) is 0 Å². The molecule has 1 unspecified atom stereocenters. The standard InChI is InChI=1S/C29H29NO2/c1-3-5-17-29(18-16-26(31)32-4-2)23-15-14-20-10-6-8-12-22(20)27(23)28-24(29)19-21-11-7-9-13-25(21)30-28/h6-15,19H,3-5,16-18H2,1-2H3. The number of ether oxygens (including phenoxy) is 1. The first-order valence-corrected chi connectivity index (χ1v) is 11.8. The molecule has 0 amide bonds. The van der Waals surface area contributed by atoms with E-state index in [1.165, 1.54) is 27.5 Å². The summed E-state index contributed by atoms with van der Waals surface area (Å²) in [5.41, 5.74) is 5.68. The van der Waals surface area contributed by atoms with Crippen LogP contribution in [0.15, 0.2) is 66.7 Å². The van der Waals surface area contributed by atoms with Crippen molar-refractivity contribution in [3.8, 4) is 11.3 Å². The van der Waals surface area contributed by atoms with Gasteiger partial charge in [0, 0.05) is 22.8 Å². The maximum absolute atomic E-state index is 12.4. The van der Waals surface area contributed by atoms with E-state index in [0.717, 1.165) is 42.3 Å². The number of nitrogens with zero attached hydrogens (tertiary/aromatic N) is 1. The van der Waals surface area contributed by atoms with E-state index in [9.17, 15) is 4.79 Å². The van der Waals surface area contributed by atoms with E-state index in [1.807, 2.05) is 13.0 Å². The molecule has 0 radical (unpaired) electrons. The minimum absolute atomic E-state index is 0.118. The van der Waals surface area contributed by atoms with Crippen LogP contribution in [0.1, 0.15) is 57.1 Å². The summed E-state index contributed by atoms with van der Waals surface area (Å²) in [6.45, 7) is 4.52. The number of hydrogen-bond donors (Lipinski definition) is 0. The number of fused-ring (bicyclic) bond motifs is 6. The normalized spacial score (nSPS) is 16.8. The third kappa shape index (κ3) is 3.28. The molecule has 1 aromatic heterocycles. The highest BCUT2D eigenvalue weighted by Crippen LogP contribution is 2.55. The van der Waals surface area contributed by atoms with Crippen LogP contribution >= 0.6 is 0 Å². The molecule has 0 saturated heterocycles. The van der Waals surface area contributed by atoms with Gasteiger partial charge in [0.15, 0.2) is 0 Å². The predicted molar refractivity (Wildman–Crippen MR) is 131 cm³/mol. The van der Waals surface area contributed by atoms with E-state index < -0.39 is 0 Å². The highest BCUT2D eigenvalue weighted by Gasteiger charge is 2.44. The zero-order valence-corrected chi connectivity index (χ0v) is 18.9. The maximum atomic E-state index is 12.4. The lowest BCUT2D eigenvalue weighted by atomic mass is 9.71. The Hall–Kier alpha value is -3.20. The van der Waals surface area contributed by atoms with Crippen LogP contribution < -0.4 is 0 Å². The van der Waals surface area contributed by atoms with Crippen molar-refractivity contribution < 1.29 is 9.53 Å². The Morgan fingerprint density at radius 3 is 2.50 bits per heavy atom. The second-order valence-electron chi connectivity index (χ2n) is 8.78. The van der Waals surface area contributed by atoms with Crippen LogP contribution in [-0.2, 0) is 14.9 Å². The molecule has 4 aromatic rings. The Morgan fingerprint density at radius 2 is 1.69 bits per heavy atom. The summed E-state index contributed by atoms with van der Waals surface area (Å²) in [7, 11) is 0. The van der Waals surface area contributed by atoms with E-state index >= 15 is 0 Å². The van der Waals surface area contributed by atoms with Crippen LogP contribution in [0.4, 0.5) is 0 Å². The van der Waals surface area contributed by atoms with E-state index in [0.29, 0.717) is 13.0 Å². The molecular weight excluding hydrogens is 394 g/mol. The predicted octanol–water partition coefficient (Wildman–Crippen LogP) is 7.19. The Morgan fingerprint density at radius 1 is 0.906 bits per heavy atom. The topological polar surface area (TPSA) is 39.2 Å². The summed E-state index contributed by atoms with van der Waals surface area (Å²) in [6.07, 6.45) is 4.36. The monoisotopic (exact) mass is 423 g/mol. The molecule has 3 aromatic carbocycles. The van der Waals surface area contributed by atoms with Crippen LogP contribution in [0.3, 0.4) is 0 Å². The van der Waals surface area contributed by atoms with Crippen molar-refractivity contribution >= 4 is 27.6 Å². The van der Waals surface area contributed by atoms with Crippen molar-refractivity contribution in [1.29, 1.82) is 0 Å². The molecule has 1 atom stereocenters. The lowest BCUT2D eigenvalue weighted by Crippen LogP contribution is -2.27. The molecule has 0 fully saturated rings. The number of aromatic nitrogens is 1. The minimum Gasteiger partial charge on any atom is -0.466 e. The number of rotatable bonds is 7. The van der Waals surface area contributed by atoms with Gasteiger partial charge in [0.25, 0.3) is 0 Å². The van der Waals surface area contributed by atoms with Crippen molar-refractivity contribution in [1.82, 2.24) is 4.98 Å². The van der Waals surface area contributed by atoms with Crippen molar-refractivity contribution in [2.75, 3.05) is 6.61 Å². The highest BCUT2D eigenvalue weighted by atomic mass is 16.5. The summed E-state index contributed by atoms with van der Waals surface area (Å²) in [5, 5.41) is 3.62. The summed E-state index contributed by atoms with van der Waals surface area (Å²) < 4.78 is 5.31. The molecular formula is C29H29NO2. The van der Waals surface area contributed by atoms with Gasteiger partial charge in [0.1, 0.15) is 0 Å². The zero-order chi connectivity index (χ0) is 22.1. The van der Waals surface area contributed by atoms with Gasteiger partial charge in [-0.1, -0.05) is 74.4 Å². The number of pyridine rings is 1. The lowest BCUT2D eigenvalue weighted by molar-refractivity contribution is -0.143. The number of unbranched alkanes of at least 4 members (excludes halogenated alkanes) is 1.